The summed E-state index contributed by atoms with van der Waals surface area (Å²) < 4.78 is 13.9. The van der Waals surface area contributed by atoms with Crippen molar-refractivity contribution in [2.45, 2.75) is 52.6 Å². The number of rotatable bonds is 3. The lowest BCUT2D eigenvalue weighted by Crippen LogP contribution is -2.50. The minimum Gasteiger partial charge on any atom is -0.309 e. The Bertz CT molecular complexity index is 597. The lowest BCUT2D eigenvalue weighted by Gasteiger charge is -2.43. The van der Waals surface area contributed by atoms with Crippen molar-refractivity contribution in [2.24, 2.45) is 16.7 Å². The third-order valence-corrected chi connectivity index (χ3v) is 5.94. The first-order valence-corrected chi connectivity index (χ1v) is 7.79. The predicted molar refractivity (Wildman–Crippen MR) is 81.0 cm³/mol. The van der Waals surface area contributed by atoms with Crippen LogP contribution in [0.2, 0.25) is 0 Å². The lowest BCUT2D eigenvalue weighted by atomic mass is 9.68. The van der Waals surface area contributed by atoms with Gasteiger partial charge in [-0.05, 0) is 54.2 Å². The van der Waals surface area contributed by atoms with Crippen LogP contribution in [-0.2, 0) is 6.54 Å². The molecule has 2 aliphatic rings. The molecule has 3 atom stereocenters. The van der Waals surface area contributed by atoms with Gasteiger partial charge in [0, 0.05) is 18.2 Å². The van der Waals surface area contributed by atoms with Crippen molar-refractivity contribution in [1.29, 1.82) is 5.26 Å². The molecule has 0 saturated heterocycles. The van der Waals surface area contributed by atoms with Gasteiger partial charge in [-0.15, -0.1) is 0 Å². The summed E-state index contributed by atoms with van der Waals surface area (Å²) in [5.41, 5.74) is 1.70. The summed E-state index contributed by atoms with van der Waals surface area (Å²) in [5.74, 6) is 0.544. The Kier molecular flexibility index (Phi) is 3.33. The molecule has 2 saturated carbocycles. The van der Waals surface area contributed by atoms with Gasteiger partial charge in [0.25, 0.3) is 0 Å². The maximum atomic E-state index is 13.9. The average Bonchev–Trinajstić information content (AvgIpc) is 2.91. The summed E-state index contributed by atoms with van der Waals surface area (Å²) in [6.45, 7) is 7.53. The summed E-state index contributed by atoms with van der Waals surface area (Å²) in [7, 11) is 0. The van der Waals surface area contributed by atoms with Gasteiger partial charge in [-0.25, -0.2) is 4.39 Å². The van der Waals surface area contributed by atoms with E-state index in [1.54, 1.807) is 6.07 Å². The minimum atomic E-state index is -0.229. The molecule has 3 heteroatoms. The van der Waals surface area contributed by atoms with Gasteiger partial charge in [-0.1, -0.05) is 20.8 Å². The van der Waals surface area contributed by atoms with E-state index in [2.05, 4.69) is 32.2 Å². The topological polar surface area (TPSA) is 35.8 Å². The maximum Gasteiger partial charge on any atom is 0.127 e. The van der Waals surface area contributed by atoms with E-state index in [1.807, 2.05) is 0 Å². The van der Waals surface area contributed by atoms with Gasteiger partial charge in [0.05, 0.1) is 11.6 Å². The highest BCUT2D eigenvalue weighted by Gasteiger charge is 2.58. The monoisotopic (exact) mass is 286 g/mol. The molecule has 0 spiro atoms. The van der Waals surface area contributed by atoms with Crippen molar-refractivity contribution in [3.63, 3.8) is 0 Å². The van der Waals surface area contributed by atoms with E-state index in [0.717, 1.165) is 5.92 Å². The summed E-state index contributed by atoms with van der Waals surface area (Å²) in [6, 6.07) is 7.07. The largest absolute Gasteiger partial charge is 0.309 e. The number of benzene rings is 1. The van der Waals surface area contributed by atoms with Crippen molar-refractivity contribution in [2.75, 3.05) is 0 Å². The summed E-state index contributed by atoms with van der Waals surface area (Å²) >= 11 is 0. The zero-order chi connectivity index (χ0) is 15.3. The molecule has 1 aromatic rings. The number of nitrogens with zero attached hydrogens (tertiary/aromatic N) is 1. The summed E-state index contributed by atoms with van der Waals surface area (Å²) in [5, 5.41) is 12.6. The Morgan fingerprint density at radius 2 is 2.14 bits per heavy atom. The van der Waals surface area contributed by atoms with Gasteiger partial charge in [-0.2, -0.15) is 5.26 Å². The van der Waals surface area contributed by atoms with E-state index in [1.165, 1.54) is 31.4 Å². The molecule has 2 aliphatic carbocycles. The third kappa shape index (κ3) is 2.26. The fraction of sp³-hybridized carbons (Fsp3) is 0.611. The van der Waals surface area contributed by atoms with Gasteiger partial charge < -0.3 is 5.32 Å². The number of fused-ring (bicyclic) bond motifs is 2. The fourth-order valence-electron chi connectivity index (χ4n) is 4.80. The summed E-state index contributed by atoms with van der Waals surface area (Å²) in [6.07, 6.45) is 3.86. The number of halogens is 1. The molecule has 0 heterocycles. The van der Waals surface area contributed by atoms with Crippen LogP contribution in [0.4, 0.5) is 4.39 Å². The fourth-order valence-corrected chi connectivity index (χ4v) is 4.80. The molecule has 112 valence electrons. The van der Waals surface area contributed by atoms with Crippen LogP contribution in [0.25, 0.3) is 0 Å². The highest BCUT2D eigenvalue weighted by Crippen LogP contribution is 2.62. The zero-order valence-electron chi connectivity index (χ0n) is 13.0. The average molecular weight is 286 g/mol. The molecule has 1 N–H and O–H groups in total. The van der Waals surface area contributed by atoms with Crippen LogP contribution in [0.5, 0.6) is 0 Å². The molecule has 2 bridgehead atoms. The SMILES string of the molecule is CC12CCC(C1)C(C)(C)C2NCc1cc(C#N)ccc1F. The van der Waals surface area contributed by atoms with Crippen molar-refractivity contribution in [1.82, 2.24) is 5.32 Å². The standard InChI is InChI=1S/C18H23FN2/c1-17(2)14-6-7-18(3,9-14)16(17)21-11-13-8-12(10-20)4-5-15(13)19/h4-5,8,14,16,21H,6-7,9,11H2,1-3H3. The van der Waals surface area contributed by atoms with E-state index < -0.39 is 0 Å². The number of nitrogens with one attached hydrogen (secondary N) is 1. The summed E-state index contributed by atoms with van der Waals surface area (Å²) in [4.78, 5) is 0. The van der Waals surface area contributed by atoms with Crippen LogP contribution in [0, 0.1) is 33.9 Å². The minimum absolute atomic E-state index is 0.229. The number of nitriles is 1. The van der Waals surface area contributed by atoms with Crippen molar-refractivity contribution < 1.29 is 4.39 Å². The molecule has 2 nitrogen and oxygen atoms in total. The molecule has 0 radical (unpaired) electrons. The lowest BCUT2D eigenvalue weighted by molar-refractivity contribution is 0.107. The first kappa shape index (κ1) is 14.5. The second kappa shape index (κ2) is 4.81. The smallest absolute Gasteiger partial charge is 0.127 e. The predicted octanol–water partition coefficient (Wildman–Crippen LogP) is 4.00. The number of hydrogen-bond acceptors (Lipinski definition) is 2. The molecule has 3 unspecified atom stereocenters. The Labute approximate surface area is 126 Å². The Morgan fingerprint density at radius 1 is 1.38 bits per heavy atom. The Morgan fingerprint density at radius 3 is 2.76 bits per heavy atom. The van der Waals surface area contributed by atoms with Gasteiger partial charge in [0.2, 0.25) is 0 Å². The van der Waals surface area contributed by atoms with Crippen LogP contribution in [0.3, 0.4) is 0 Å². The molecule has 0 aromatic heterocycles. The highest BCUT2D eigenvalue weighted by molar-refractivity contribution is 5.33. The third-order valence-electron chi connectivity index (χ3n) is 5.94. The van der Waals surface area contributed by atoms with E-state index in [0.29, 0.717) is 29.1 Å². The van der Waals surface area contributed by atoms with Crippen molar-refractivity contribution in [3.8, 4) is 6.07 Å². The molecule has 3 rings (SSSR count). The van der Waals surface area contributed by atoms with Crippen molar-refractivity contribution >= 4 is 0 Å². The van der Waals surface area contributed by atoms with Gasteiger partial charge in [0.15, 0.2) is 0 Å². The first-order chi connectivity index (χ1) is 9.87. The van der Waals surface area contributed by atoms with E-state index in [-0.39, 0.29) is 11.2 Å². The van der Waals surface area contributed by atoms with Crippen LogP contribution in [0.15, 0.2) is 18.2 Å². The molecular weight excluding hydrogens is 263 g/mol. The zero-order valence-corrected chi connectivity index (χ0v) is 13.0. The number of hydrogen-bond donors (Lipinski definition) is 1. The van der Waals surface area contributed by atoms with Gasteiger partial charge in [0.1, 0.15) is 5.82 Å². The normalized spacial score (nSPS) is 33.1. The second-order valence-electron chi connectivity index (χ2n) is 7.65. The maximum absolute atomic E-state index is 13.9. The quantitative estimate of drug-likeness (QED) is 0.911. The van der Waals surface area contributed by atoms with Crippen LogP contribution in [-0.4, -0.2) is 6.04 Å². The van der Waals surface area contributed by atoms with E-state index >= 15 is 0 Å². The van der Waals surface area contributed by atoms with Gasteiger partial charge in [-0.3, -0.25) is 0 Å². The molecule has 0 amide bonds. The molecular formula is C18H23FN2. The van der Waals surface area contributed by atoms with Crippen LogP contribution >= 0.6 is 0 Å². The second-order valence-corrected chi connectivity index (χ2v) is 7.65. The van der Waals surface area contributed by atoms with Crippen LogP contribution in [0.1, 0.15) is 51.2 Å². The molecule has 21 heavy (non-hydrogen) atoms. The Hall–Kier alpha value is -1.40. The first-order valence-electron chi connectivity index (χ1n) is 7.79. The molecule has 1 aromatic carbocycles. The van der Waals surface area contributed by atoms with E-state index in [9.17, 15) is 4.39 Å². The highest BCUT2D eigenvalue weighted by atomic mass is 19.1. The Balaban J connectivity index is 1.78. The van der Waals surface area contributed by atoms with Crippen molar-refractivity contribution in [3.05, 3.63) is 35.1 Å². The molecule has 2 fully saturated rings. The van der Waals surface area contributed by atoms with Crippen LogP contribution < -0.4 is 5.32 Å². The van der Waals surface area contributed by atoms with Gasteiger partial charge >= 0.3 is 0 Å². The molecule has 0 aliphatic heterocycles. The van der Waals surface area contributed by atoms with E-state index in [4.69, 9.17) is 5.26 Å².